The zero-order valence-corrected chi connectivity index (χ0v) is 53.9. The number of rotatable bonds is 8. The van der Waals surface area contributed by atoms with Crippen LogP contribution in [0.3, 0.4) is 0 Å². The van der Waals surface area contributed by atoms with Gasteiger partial charge in [-0.2, -0.15) is 0 Å². The normalized spacial score (nSPS) is 12.2. The van der Waals surface area contributed by atoms with Crippen LogP contribution in [0.25, 0.3) is 221 Å². The van der Waals surface area contributed by atoms with Crippen LogP contribution in [0.5, 0.6) is 0 Å². The van der Waals surface area contributed by atoms with Gasteiger partial charge < -0.3 is 9.13 Å². The molecule has 4 aromatic heterocycles. The first-order chi connectivity index (χ1) is 49.6. The van der Waals surface area contributed by atoms with E-state index in [-0.39, 0.29) is 0 Å². The zero-order chi connectivity index (χ0) is 65.3. The highest BCUT2D eigenvalue weighted by atomic mass is 15.0. The van der Waals surface area contributed by atoms with Crippen molar-refractivity contribution in [2.75, 3.05) is 0 Å². The van der Waals surface area contributed by atoms with Crippen LogP contribution in [-0.4, -0.2) is 29.1 Å². The van der Waals surface area contributed by atoms with Crippen molar-refractivity contribution in [3.63, 3.8) is 0 Å². The van der Waals surface area contributed by atoms with Gasteiger partial charge in [-0.1, -0.05) is 243 Å². The number of aromatic nitrogens is 6. The molecule has 0 unspecified atom stereocenters. The maximum Gasteiger partial charge on any atom is 0.160 e. The summed E-state index contributed by atoms with van der Waals surface area (Å²) in [6.07, 6.45) is 0. The fourth-order valence-corrected chi connectivity index (χ4v) is 16.9. The monoisotopic (exact) mass is 1270 g/mol. The molecule has 0 saturated carbocycles. The average molecular weight is 1270 g/mol. The van der Waals surface area contributed by atoms with E-state index in [1.807, 2.05) is 24.3 Å². The molecule has 4 heterocycles. The Morgan fingerprint density at radius 3 is 1.20 bits per heavy atom. The van der Waals surface area contributed by atoms with Gasteiger partial charge >= 0.3 is 0 Å². The second-order valence-corrected chi connectivity index (χ2v) is 26.7. The van der Waals surface area contributed by atoms with Gasteiger partial charge in [-0.15, -0.1) is 0 Å². The van der Waals surface area contributed by atoms with Crippen LogP contribution in [-0.2, 0) is 0 Å². The van der Waals surface area contributed by atoms with Crippen LogP contribution in [0.15, 0.2) is 328 Å². The largest absolute Gasteiger partial charge is 0.309 e. The van der Waals surface area contributed by atoms with Gasteiger partial charge in [0.2, 0.25) is 0 Å². The molecule has 100 heavy (non-hydrogen) atoms. The molecule has 0 fully saturated rings. The molecule has 16 aromatic carbocycles. The molecule has 6 nitrogen and oxygen atoms in total. The quantitative estimate of drug-likeness (QED) is 0.152. The van der Waals surface area contributed by atoms with E-state index >= 15 is 0 Å². The van der Waals surface area contributed by atoms with Crippen LogP contribution in [0, 0.1) is 0 Å². The van der Waals surface area contributed by atoms with Crippen LogP contribution < -0.4 is 0 Å². The van der Waals surface area contributed by atoms with Crippen LogP contribution in [0.1, 0.15) is 0 Å². The molecule has 2 aliphatic carbocycles. The van der Waals surface area contributed by atoms with Crippen molar-refractivity contribution in [3.8, 4) is 123 Å². The SMILES string of the molecule is c1ccc(-c2nc(-c3ccccc3)c3cc(-c4ccc(-n5c6cccc7c6c6c8c(cccc8ccc65)-c5cc(-c6ccc8cc(-c9nc(-c%10ccccc%10)c%10cc(-n%11c%12cccc%13c%12c%12c%14c(cccc%14ccc%12%11)-c%11ccccc%11-%13)ccc%10n9)ccc8c6)ccc5-7)cc4)ccc3n2)cc1. The predicted molar refractivity (Wildman–Crippen MR) is 415 cm³/mol. The lowest BCUT2D eigenvalue weighted by atomic mass is 9.90. The molecule has 0 spiro atoms. The summed E-state index contributed by atoms with van der Waals surface area (Å²) in [5.41, 5.74) is 29.2. The van der Waals surface area contributed by atoms with E-state index in [2.05, 4.69) is 312 Å². The van der Waals surface area contributed by atoms with Crippen LogP contribution >= 0.6 is 0 Å². The second-order valence-electron chi connectivity index (χ2n) is 26.7. The van der Waals surface area contributed by atoms with Crippen molar-refractivity contribution in [2.24, 2.45) is 0 Å². The number of hydrogen-bond acceptors (Lipinski definition) is 4. The lowest BCUT2D eigenvalue weighted by Gasteiger charge is -2.16. The molecule has 0 aliphatic heterocycles. The van der Waals surface area contributed by atoms with E-state index < -0.39 is 0 Å². The number of nitrogens with zero attached hydrogens (tertiary/aromatic N) is 6. The zero-order valence-electron chi connectivity index (χ0n) is 53.9. The van der Waals surface area contributed by atoms with Crippen LogP contribution in [0.2, 0.25) is 0 Å². The first-order valence-electron chi connectivity index (χ1n) is 34.2. The van der Waals surface area contributed by atoms with E-state index in [1.165, 1.54) is 115 Å². The molecule has 0 atom stereocenters. The molecule has 6 heteroatoms. The van der Waals surface area contributed by atoms with Gasteiger partial charge in [0.25, 0.3) is 0 Å². The maximum atomic E-state index is 5.50. The molecule has 20 aromatic rings. The Kier molecular flexibility index (Phi) is 11.5. The topological polar surface area (TPSA) is 61.4 Å². The third-order valence-corrected chi connectivity index (χ3v) is 21.4. The first-order valence-corrected chi connectivity index (χ1v) is 34.2. The molecule has 22 rings (SSSR count). The van der Waals surface area contributed by atoms with Gasteiger partial charge in [0, 0.05) is 65.9 Å². The molecule has 0 radical (unpaired) electrons. The molecule has 460 valence electrons. The Bertz CT molecular complexity index is 6930. The Balaban J connectivity index is 0.612. The summed E-state index contributed by atoms with van der Waals surface area (Å²) in [5, 5.41) is 14.5. The second kappa shape index (κ2) is 21.0. The van der Waals surface area contributed by atoms with Crippen molar-refractivity contribution in [2.45, 2.75) is 0 Å². The summed E-state index contributed by atoms with van der Waals surface area (Å²) in [4.78, 5) is 21.2. The molecule has 2 aliphatic rings. The minimum absolute atomic E-state index is 0.692. The average Bonchev–Trinajstić information content (AvgIpc) is 1.54. The third-order valence-electron chi connectivity index (χ3n) is 21.4. The van der Waals surface area contributed by atoms with Gasteiger partial charge in [-0.05, 0) is 184 Å². The van der Waals surface area contributed by atoms with E-state index in [0.29, 0.717) is 5.82 Å². The van der Waals surface area contributed by atoms with E-state index in [1.54, 1.807) is 0 Å². The fraction of sp³-hybridized carbons (Fsp3) is 0. The van der Waals surface area contributed by atoms with E-state index in [0.717, 1.165) is 100 Å². The molecule has 0 amide bonds. The third kappa shape index (κ3) is 8.07. The van der Waals surface area contributed by atoms with Crippen molar-refractivity contribution >= 4 is 97.7 Å². The number of hydrogen-bond donors (Lipinski definition) is 0. The van der Waals surface area contributed by atoms with Gasteiger partial charge in [-0.25, -0.2) is 19.9 Å². The maximum absolute atomic E-state index is 5.50. The fourth-order valence-electron chi connectivity index (χ4n) is 16.9. The molecule has 0 N–H and O–H groups in total. The highest BCUT2D eigenvalue weighted by Gasteiger charge is 2.28. The van der Waals surface area contributed by atoms with E-state index in [4.69, 9.17) is 19.9 Å². The highest BCUT2D eigenvalue weighted by Crippen LogP contribution is 2.53. The van der Waals surface area contributed by atoms with Crippen molar-refractivity contribution < 1.29 is 0 Å². The Hall–Kier alpha value is -13.4. The summed E-state index contributed by atoms with van der Waals surface area (Å²) in [6, 6.07) is 120. The minimum atomic E-state index is 0.692. The van der Waals surface area contributed by atoms with E-state index in [9.17, 15) is 0 Å². The minimum Gasteiger partial charge on any atom is -0.309 e. The van der Waals surface area contributed by atoms with Crippen molar-refractivity contribution in [1.29, 1.82) is 0 Å². The van der Waals surface area contributed by atoms with Gasteiger partial charge in [-0.3, -0.25) is 0 Å². The molecular weight excluding hydrogens is 1210 g/mol. The highest BCUT2D eigenvalue weighted by molar-refractivity contribution is 6.32. The predicted octanol–water partition coefficient (Wildman–Crippen LogP) is 24.5. The molecule has 0 saturated heterocycles. The lowest BCUT2D eigenvalue weighted by molar-refractivity contribution is 1.18. The summed E-state index contributed by atoms with van der Waals surface area (Å²) in [5.74, 6) is 1.41. The Labute approximate surface area is 574 Å². The number of benzene rings is 16. The Morgan fingerprint density at radius 1 is 0.190 bits per heavy atom. The number of fused-ring (bicyclic) bond motifs is 9. The standard InChI is InChI=1S/C94H54N6/c1-4-16-58(17-5-1)91-77-53-64(39-46-79(77)95-93(97-91)60-20-8-3-9-21-60)55-36-42-67(43-37-55)99-81-30-15-29-74-71-45-38-65(52-76(71)75-27-13-23-57-40-48-83(99)89(86(57)75)88(74)81)62-32-33-63-51-66(35-34-61(63)50-62)94-96-80-47-44-68(54-78(80)92(98-94)59-18-6-2-7-19-59)100-82-31-14-28-73-70-25-11-10-24-69(70)72-26-12-22-56-41-49-84(100)90(85(56)72)87(73)82/h1-54H. The Morgan fingerprint density at radius 2 is 0.590 bits per heavy atom. The van der Waals surface area contributed by atoms with Crippen molar-refractivity contribution in [1.82, 2.24) is 29.1 Å². The summed E-state index contributed by atoms with van der Waals surface area (Å²) < 4.78 is 4.91. The smallest absolute Gasteiger partial charge is 0.160 e. The first kappa shape index (κ1) is 54.8. The molecule has 0 bridgehead atoms. The molecular formula is C94H54N6. The van der Waals surface area contributed by atoms with Gasteiger partial charge in [0.05, 0.1) is 44.5 Å². The van der Waals surface area contributed by atoms with Crippen molar-refractivity contribution in [3.05, 3.63) is 328 Å². The lowest BCUT2D eigenvalue weighted by Crippen LogP contribution is -1.99. The summed E-state index contributed by atoms with van der Waals surface area (Å²) in [7, 11) is 0. The van der Waals surface area contributed by atoms with Gasteiger partial charge in [0.1, 0.15) is 0 Å². The summed E-state index contributed by atoms with van der Waals surface area (Å²) >= 11 is 0. The van der Waals surface area contributed by atoms with Crippen LogP contribution in [0.4, 0.5) is 0 Å². The summed E-state index contributed by atoms with van der Waals surface area (Å²) in [6.45, 7) is 0. The van der Waals surface area contributed by atoms with Gasteiger partial charge in [0.15, 0.2) is 11.6 Å².